The molecular formula is C14H21FN2O2. The lowest BCUT2D eigenvalue weighted by Gasteiger charge is -2.29. The maximum absolute atomic E-state index is 13.6. The zero-order valence-electron chi connectivity index (χ0n) is 11.4. The monoisotopic (exact) mass is 268 g/mol. The van der Waals surface area contributed by atoms with Crippen molar-refractivity contribution in [3.05, 3.63) is 17.9 Å². The van der Waals surface area contributed by atoms with Gasteiger partial charge in [0.15, 0.2) is 11.6 Å². The van der Waals surface area contributed by atoms with Gasteiger partial charge in [0.1, 0.15) is 0 Å². The van der Waals surface area contributed by atoms with Gasteiger partial charge in [-0.1, -0.05) is 0 Å². The molecule has 1 aliphatic rings. The molecule has 0 amide bonds. The molecule has 0 radical (unpaired) electrons. The van der Waals surface area contributed by atoms with Crippen molar-refractivity contribution in [3.63, 3.8) is 0 Å². The van der Waals surface area contributed by atoms with Crippen molar-refractivity contribution < 1.29 is 13.9 Å². The summed E-state index contributed by atoms with van der Waals surface area (Å²) >= 11 is 0. The number of hydrogen-bond donors (Lipinski definition) is 2. The highest BCUT2D eigenvalue weighted by molar-refractivity contribution is 5.69. The lowest BCUT2D eigenvalue weighted by molar-refractivity contribution is 0.0232. The predicted octanol–water partition coefficient (Wildman–Crippen LogP) is 2.79. The van der Waals surface area contributed by atoms with Crippen molar-refractivity contribution in [2.24, 2.45) is 0 Å². The molecule has 4 nitrogen and oxygen atoms in total. The molecule has 2 rings (SSSR count). The Balaban J connectivity index is 2.12. The van der Waals surface area contributed by atoms with Crippen LogP contribution in [-0.2, 0) is 4.74 Å². The van der Waals surface area contributed by atoms with Crippen LogP contribution in [0.4, 0.5) is 15.8 Å². The molecule has 2 unspecified atom stereocenters. The van der Waals surface area contributed by atoms with Crippen LogP contribution in [0.5, 0.6) is 5.75 Å². The third-order valence-corrected chi connectivity index (χ3v) is 3.25. The molecule has 19 heavy (non-hydrogen) atoms. The highest BCUT2D eigenvalue weighted by Gasteiger charge is 2.20. The Hall–Kier alpha value is -1.49. The maximum Gasteiger partial charge on any atom is 0.167 e. The summed E-state index contributed by atoms with van der Waals surface area (Å²) in [7, 11) is 0. The van der Waals surface area contributed by atoms with Gasteiger partial charge < -0.3 is 20.5 Å². The summed E-state index contributed by atoms with van der Waals surface area (Å²) in [6.45, 7) is 5.03. The third kappa shape index (κ3) is 3.50. The molecule has 5 heteroatoms. The van der Waals surface area contributed by atoms with Crippen LogP contribution >= 0.6 is 0 Å². The van der Waals surface area contributed by atoms with Gasteiger partial charge in [0.05, 0.1) is 24.1 Å². The Kier molecular flexibility index (Phi) is 4.47. The van der Waals surface area contributed by atoms with E-state index in [1.54, 1.807) is 6.07 Å². The average molecular weight is 268 g/mol. The minimum atomic E-state index is -0.426. The van der Waals surface area contributed by atoms with E-state index in [1.165, 1.54) is 6.07 Å². The van der Waals surface area contributed by atoms with Crippen molar-refractivity contribution in [3.8, 4) is 5.75 Å². The predicted molar refractivity (Wildman–Crippen MR) is 74.0 cm³/mol. The minimum Gasteiger partial charge on any atom is -0.491 e. The Morgan fingerprint density at radius 3 is 3.00 bits per heavy atom. The van der Waals surface area contributed by atoms with Crippen molar-refractivity contribution in [2.75, 3.05) is 24.3 Å². The molecule has 0 aromatic heterocycles. The summed E-state index contributed by atoms with van der Waals surface area (Å²) in [5, 5.41) is 3.35. The fourth-order valence-electron chi connectivity index (χ4n) is 2.31. The first kappa shape index (κ1) is 13.9. The van der Waals surface area contributed by atoms with E-state index < -0.39 is 5.82 Å². The average Bonchev–Trinajstić information content (AvgIpc) is 2.35. The molecule has 1 heterocycles. The van der Waals surface area contributed by atoms with E-state index >= 15 is 0 Å². The smallest absolute Gasteiger partial charge is 0.167 e. The summed E-state index contributed by atoms with van der Waals surface area (Å²) < 4.78 is 24.4. The van der Waals surface area contributed by atoms with E-state index in [0.29, 0.717) is 18.3 Å². The van der Waals surface area contributed by atoms with Crippen LogP contribution in [0.2, 0.25) is 0 Å². The number of halogens is 1. The quantitative estimate of drug-likeness (QED) is 0.824. The molecule has 106 valence electrons. The molecule has 1 aliphatic heterocycles. The van der Waals surface area contributed by atoms with Gasteiger partial charge in [0.2, 0.25) is 0 Å². The zero-order chi connectivity index (χ0) is 13.8. The van der Waals surface area contributed by atoms with E-state index in [4.69, 9.17) is 15.2 Å². The number of benzene rings is 1. The number of anilines is 2. The summed E-state index contributed by atoms with van der Waals surface area (Å²) in [6.07, 6.45) is 2.07. The van der Waals surface area contributed by atoms with Crippen LogP contribution in [0.1, 0.15) is 26.7 Å². The topological polar surface area (TPSA) is 56.5 Å². The van der Waals surface area contributed by atoms with E-state index in [0.717, 1.165) is 25.1 Å². The fraction of sp³-hybridized carbons (Fsp3) is 0.571. The van der Waals surface area contributed by atoms with Gasteiger partial charge in [-0.05, 0) is 26.7 Å². The number of nitrogens with one attached hydrogen (secondary N) is 1. The molecule has 1 aromatic rings. The second kappa shape index (κ2) is 6.10. The van der Waals surface area contributed by atoms with E-state index in [2.05, 4.69) is 5.32 Å². The number of rotatable bonds is 4. The van der Waals surface area contributed by atoms with Gasteiger partial charge in [0.25, 0.3) is 0 Å². The van der Waals surface area contributed by atoms with Crippen LogP contribution in [-0.4, -0.2) is 25.4 Å². The molecule has 1 aromatic carbocycles. The first-order valence-electron chi connectivity index (χ1n) is 6.70. The number of hydrogen-bond acceptors (Lipinski definition) is 4. The first-order chi connectivity index (χ1) is 9.10. The Morgan fingerprint density at radius 1 is 1.53 bits per heavy atom. The highest BCUT2D eigenvalue weighted by atomic mass is 19.1. The van der Waals surface area contributed by atoms with Gasteiger partial charge in [-0.3, -0.25) is 0 Å². The lowest BCUT2D eigenvalue weighted by Crippen LogP contribution is -2.32. The van der Waals surface area contributed by atoms with Crippen molar-refractivity contribution in [1.82, 2.24) is 0 Å². The van der Waals surface area contributed by atoms with Gasteiger partial charge in [-0.2, -0.15) is 0 Å². The summed E-state index contributed by atoms with van der Waals surface area (Å²) in [4.78, 5) is 0. The molecule has 1 saturated heterocycles. The second-order valence-electron chi connectivity index (χ2n) is 4.85. The molecule has 0 aliphatic carbocycles. The van der Waals surface area contributed by atoms with Crippen molar-refractivity contribution >= 4 is 11.4 Å². The zero-order valence-corrected chi connectivity index (χ0v) is 11.4. The van der Waals surface area contributed by atoms with E-state index in [9.17, 15) is 4.39 Å². The number of nitrogens with two attached hydrogens (primary N) is 1. The van der Waals surface area contributed by atoms with Gasteiger partial charge in [0, 0.05) is 24.8 Å². The van der Waals surface area contributed by atoms with Gasteiger partial charge in [-0.15, -0.1) is 0 Å². The van der Waals surface area contributed by atoms with E-state index in [-0.39, 0.29) is 11.9 Å². The van der Waals surface area contributed by atoms with Crippen molar-refractivity contribution in [2.45, 2.75) is 38.8 Å². The third-order valence-electron chi connectivity index (χ3n) is 3.25. The second-order valence-corrected chi connectivity index (χ2v) is 4.85. The molecule has 1 fully saturated rings. The highest BCUT2D eigenvalue weighted by Crippen LogP contribution is 2.30. The molecule has 0 bridgehead atoms. The Labute approximate surface area is 113 Å². The molecule has 0 saturated carbocycles. The number of nitrogen functional groups attached to an aromatic ring is 1. The summed E-state index contributed by atoms with van der Waals surface area (Å²) in [5.74, 6) is -0.190. The Morgan fingerprint density at radius 2 is 2.32 bits per heavy atom. The van der Waals surface area contributed by atoms with Crippen LogP contribution in [0.25, 0.3) is 0 Å². The van der Waals surface area contributed by atoms with Crippen molar-refractivity contribution in [1.29, 1.82) is 0 Å². The standard InChI is InChI=1S/C14H21FN2O2/c1-3-18-14-8-13(12(16)7-11(14)15)17-10-4-5-19-9(2)6-10/h7-10,17H,3-6,16H2,1-2H3. The largest absolute Gasteiger partial charge is 0.491 e. The first-order valence-corrected chi connectivity index (χ1v) is 6.70. The number of ether oxygens (including phenoxy) is 2. The molecule has 3 N–H and O–H groups in total. The molecule has 2 atom stereocenters. The Bertz CT molecular complexity index is 440. The van der Waals surface area contributed by atoms with Gasteiger partial charge >= 0.3 is 0 Å². The minimum absolute atomic E-state index is 0.235. The van der Waals surface area contributed by atoms with Crippen LogP contribution in [0.3, 0.4) is 0 Å². The van der Waals surface area contributed by atoms with Crippen LogP contribution in [0.15, 0.2) is 12.1 Å². The summed E-state index contributed by atoms with van der Waals surface area (Å²) in [5.41, 5.74) is 6.98. The molecular weight excluding hydrogens is 247 g/mol. The van der Waals surface area contributed by atoms with Crippen LogP contribution < -0.4 is 15.8 Å². The summed E-state index contributed by atoms with van der Waals surface area (Å²) in [6, 6.07) is 3.23. The fourth-order valence-corrected chi connectivity index (χ4v) is 2.31. The normalized spacial score (nSPS) is 23.1. The maximum atomic E-state index is 13.6. The van der Waals surface area contributed by atoms with E-state index in [1.807, 2.05) is 13.8 Å². The van der Waals surface area contributed by atoms with Crippen LogP contribution in [0, 0.1) is 5.82 Å². The lowest BCUT2D eigenvalue weighted by atomic mass is 10.0. The molecule has 0 spiro atoms. The van der Waals surface area contributed by atoms with Gasteiger partial charge in [-0.25, -0.2) is 4.39 Å². The SMILES string of the molecule is CCOc1cc(NC2CCOC(C)C2)c(N)cc1F.